The van der Waals surface area contributed by atoms with Gasteiger partial charge in [-0.2, -0.15) is 0 Å². The molecule has 1 aromatic rings. The number of carbonyl (C=O) groups excluding carboxylic acids is 2. The van der Waals surface area contributed by atoms with Gasteiger partial charge in [0, 0.05) is 25.2 Å². The summed E-state index contributed by atoms with van der Waals surface area (Å²) in [6, 6.07) is 7.22. The van der Waals surface area contributed by atoms with Crippen LogP contribution in [0.15, 0.2) is 24.3 Å². The predicted molar refractivity (Wildman–Crippen MR) is 79.9 cm³/mol. The van der Waals surface area contributed by atoms with Crippen LogP contribution < -0.4 is 0 Å². The Balaban J connectivity index is 2.79. The Hall–Kier alpha value is -1.59. The fourth-order valence-electron chi connectivity index (χ4n) is 1.89. The van der Waals surface area contributed by atoms with E-state index < -0.39 is 5.92 Å². The summed E-state index contributed by atoms with van der Waals surface area (Å²) < 4.78 is 9.57. The molecule has 0 heterocycles. The van der Waals surface area contributed by atoms with E-state index >= 15 is 0 Å². The van der Waals surface area contributed by atoms with Gasteiger partial charge in [0.15, 0.2) is 0 Å². The minimum atomic E-state index is -0.400. The average molecular weight is 314 g/mol. The van der Waals surface area contributed by atoms with Crippen LogP contribution in [0.3, 0.4) is 0 Å². The standard InChI is InChI=1S/C15H20ClNO4/c1-11(15(19)21-3)8-17(14(18)10-20-2)9-12-4-6-13(16)7-5-12/h4-7,11H,8-10H2,1-3H3. The van der Waals surface area contributed by atoms with Crippen LogP contribution in [-0.2, 0) is 25.6 Å². The van der Waals surface area contributed by atoms with Crippen molar-refractivity contribution in [2.45, 2.75) is 13.5 Å². The van der Waals surface area contributed by atoms with E-state index in [2.05, 4.69) is 0 Å². The Kier molecular flexibility index (Phi) is 7.19. The van der Waals surface area contributed by atoms with Crippen LogP contribution in [0, 0.1) is 5.92 Å². The van der Waals surface area contributed by atoms with Gasteiger partial charge in [0.25, 0.3) is 0 Å². The van der Waals surface area contributed by atoms with Crippen LogP contribution in [0.4, 0.5) is 0 Å². The molecule has 0 bridgehead atoms. The number of hydrogen-bond donors (Lipinski definition) is 0. The molecule has 0 aliphatic heterocycles. The van der Waals surface area contributed by atoms with Crippen LogP contribution in [-0.4, -0.2) is 44.1 Å². The molecular formula is C15H20ClNO4. The zero-order chi connectivity index (χ0) is 15.8. The van der Waals surface area contributed by atoms with Gasteiger partial charge < -0.3 is 14.4 Å². The molecule has 1 aromatic carbocycles. The Bertz CT molecular complexity index is 475. The first-order chi connectivity index (χ1) is 9.97. The highest BCUT2D eigenvalue weighted by Gasteiger charge is 2.21. The number of methoxy groups -OCH3 is 2. The van der Waals surface area contributed by atoms with Gasteiger partial charge in [-0.15, -0.1) is 0 Å². The highest BCUT2D eigenvalue weighted by Crippen LogP contribution is 2.13. The second-order valence-corrected chi connectivity index (χ2v) is 5.19. The first-order valence-corrected chi connectivity index (χ1v) is 6.94. The fourth-order valence-corrected chi connectivity index (χ4v) is 2.01. The molecule has 5 nitrogen and oxygen atoms in total. The van der Waals surface area contributed by atoms with E-state index in [1.54, 1.807) is 24.0 Å². The number of halogens is 1. The SMILES string of the molecule is COCC(=O)N(Cc1ccc(Cl)cc1)CC(C)C(=O)OC. The molecule has 0 N–H and O–H groups in total. The molecule has 0 aliphatic rings. The highest BCUT2D eigenvalue weighted by molar-refractivity contribution is 6.30. The Labute approximate surface area is 129 Å². The minimum Gasteiger partial charge on any atom is -0.469 e. The van der Waals surface area contributed by atoms with Crippen molar-refractivity contribution < 1.29 is 19.1 Å². The van der Waals surface area contributed by atoms with Gasteiger partial charge in [-0.25, -0.2) is 0 Å². The van der Waals surface area contributed by atoms with E-state index in [1.165, 1.54) is 14.2 Å². The van der Waals surface area contributed by atoms with Crippen molar-refractivity contribution >= 4 is 23.5 Å². The highest BCUT2D eigenvalue weighted by atomic mass is 35.5. The van der Waals surface area contributed by atoms with Crippen molar-refractivity contribution in [3.05, 3.63) is 34.9 Å². The summed E-state index contributed by atoms with van der Waals surface area (Å²) in [5, 5.41) is 0.636. The summed E-state index contributed by atoms with van der Waals surface area (Å²) in [5.74, 6) is -0.923. The second kappa shape index (κ2) is 8.64. The normalized spacial score (nSPS) is 11.8. The predicted octanol–water partition coefficient (Wildman–Crippen LogP) is 2.12. The Morgan fingerprint density at radius 2 is 1.86 bits per heavy atom. The number of ether oxygens (including phenoxy) is 2. The topological polar surface area (TPSA) is 55.8 Å². The van der Waals surface area contributed by atoms with E-state index in [-0.39, 0.29) is 25.0 Å². The first-order valence-electron chi connectivity index (χ1n) is 6.57. The van der Waals surface area contributed by atoms with Gasteiger partial charge in [-0.05, 0) is 17.7 Å². The van der Waals surface area contributed by atoms with E-state index in [0.717, 1.165) is 5.56 Å². The number of amides is 1. The lowest BCUT2D eigenvalue weighted by atomic mass is 10.1. The lowest BCUT2D eigenvalue weighted by Gasteiger charge is -2.25. The quantitative estimate of drug-likeness (QED) is 0.724. The zero-order valence-electron chi connectivity index (χ0n) is 12.5. The molecule has 21 heavy (non-hydrogen) atoms. The van der Waals surface area contributed by atoms with E-state index in [1.807, 2.05) is 12.1 Å². The molecule has 1 atom stereocenters. The third kappa shape index (κ3) is 5.73. The first kappa shape index (κ1) is 17.5. The van der Waals surface area contributed by atoms with Crippen molar-refractivity contribution in [3.8, 4) is 0 Å². The van der Waals surface area contributed by atoms with Crippen LogP contribution in [0.5, 0.6) is 0 Å². The van der Waals surface area contributed by atoms with Gasteiger partial charge in [0.2, 0.25) is 5.91 Å². The van der Waals surface area contributed by atoms with E-state index in [0.29, 0.717) is 11.6 Å². The summed E-state index contributed by atoms with van der Waals surface area (Å²) in [6.07, 6.45) is 0. The van der Waals surface area contributed by atoms with Gasteiger partial charge >= 0.3 is 5.97 Å². The van der Waals surface area contributed by atoms with Crippen molar-refractivity contribution in [2.75, 3.05) is 27.4 Å². The molecule has 0 aromatic heterocycles. The molecule has 0 saturated heterocycles. The average Bonchev–Trinajstić information content (AvgIpc) is 2.48. The molecular weight excluding hydrogens is 294 g/mol. The number of carbonyl (C=O) groups is 2. The van der Waals surface area contributed by atoms with Crippen molar-refractivity contribution in [3.63, 3.8) is 0 Å². The molecule has 0 saturated carbocycles. The summed E-state index contributed by atoms with van der Waals surface area (Å²) in [7, 11) is 2.79. The third-order valence-corrected chi connectivity index (χ3v) is 3.26. The molecule has 1 amide bonds. The van der Waals surface area contributed by atoms with Crippen LogP contribution >= 0.6 is 11.6 Å². The zero-order valence-corrected chi connectivity index (χ0v) is 13.2. The van der Waals surface area contributed by atoms with Crippen molar-refractivity contribution in [2.24, 2.45) is 5.92 Å². The van der Waals surface area contributed by atoms with Gasteiger partial charge in [0.05, 0.1) is 13.0 Å². The van der Waals surface area contributed by atoms with Gasteiger partial charge in [0.1, 0.15) is 6.61 Å². The maximum Gasteiger partial charge on any atom is 0.310 e. The summed E-state index contributed by atoms with van der Waals surface area (Å²) in [6.45, 7) is 2.36. The van der Waals surface area contributed by atoms with Crippen molar-refractivity contribution in [1.29, 1.82) is 0 Å². The molecule has 6 heteroatoms. The number of hydrogen-bond acceptors (Lipinski definition) is 4. The number of rotatable bonds is 7. The van der Waals surface area contributed by atoms with Crippen LogP contribution in [0.25, 0.3) is 0 Å². The number of esters is 1. The fraction of sp³-hybridized carbons (Fsp3) is 0.467. The molecule has 0 fully saturated rings. The third-order valence-electron chi connectivity index (χ3n) is 3.01. The summed E-state index contributed by atoms with van der Waals surface area (Å²) >= 11 is 5.84. The number of benzene rings is 1. The lowest BCUT2D eigenvalue weighted by molar-refractivity contribution is -0.147. The maximum absolute atomic E-state index is 12.1. The van der Waals surface area contributed by atoms with Crippen LogP contribution in [0.1, 0.15) is 12.5 Å². The smallest absolute Gasteiger partial charge is 0.310 e. The molecule has 1 unspecified atom stereocenters. The monoisotopic (exact) mass is 313 g/mol. The molecule has 1 rings (SSSR count). The Morgan fingerprint density at radius 3 is 2.38 bits per heavy atom. The summed E-state index contributed by atoms with van der Waals surface area (Å²) in [4.78, 5) is 25.2. The minimum absolute atomic E-state index is 0.0263. The molecule has 116 valence electrons. The number of nitrogens with zero attached hydrogens (tertiary/aromatic N) is 1. The maximum atomic E-state index is 12.1. The molecule has 0 radical (unpaired) electrons. The van der Waals surface area contributed by atoms with Gasteiger partial charge in [-0.1, -0.05) is 30.7 Å². The second-order valence-electron chi connectivity index (χ2n) is 4.76. The summed E-state index contributed by atoms with van der Waals surface area (Å²) in [5.41, 5.74) is 0.931. The van der Waals surface area contributed by atoms with E-state index in [9.17, 15) is 9.59 Å². The van der Waals surface area contributed by atoms with Crippen molar-refractivity contribution in [1.82, 2.24) is 4.90 Å². The molecule has 0 aliphatic carbocycles. The molecule has 0 spiro atoms. The lowest BCUT2D eigenvalue weighted by Crippen LogP contribution is -2.38. The largest absolute Gasteiger partial charge is 0.469 e. The van der Waals surface area contributed by atoms with E-state index in [4.69, 9.17) is 21.1 Å². The Morgan fingerprint density at radius 1 is 1.24 bits per heavy atom. The van der Waals surface area contributed by atoms with Gasteiger partial charge in [-0.3, -0.25) is 9.59 Å². The van der Waals surface area contributed by atoms with Crippen LogP contribution in [0.2, 0.25) is 5.02 Å².